The predicted molar refractivity (Wildman–Crippen MR) is 508 cm³/mol. The summed E-state index contributed by atoms with van der Waals surface area (Å²) in [5, 5.41) is 107. The number of piperazine rings is 2. The molecule has 8 atom stereocenters. The summed E-state index contributed by atoms with van der Waals surface area (Å²) in [6.45, 7) is 4.01. The van der Waals surface area contributed by atoms with E-state index in [9.17, 15) is 35.7 Å². The van der Waals surface area contributed by atoms with E-state index in [1.807, 2.05) is 132 Å². The first-order valence-electron chi connectivity index (χ1n) is 44.6. The molecule has 2 saturated heterocycles. The molecule has 21 rings (SSSR count). The summed E-state index contributed by atoms with van der Waals surface area (Å²) in [7, 11) is 0. The standard InChI is InChI=1S/C106H93Cl2N11O17/c107-79-44-62-22-34-85(79)135-88-51-73-52-89(99(88)126)136-86-35-31-71(49-80(86)108)97(124)96-105(132)114-95(106(133)119-42-40-117(41-43-119)57-61-20-27-68(28-21-61)65-14-8-3-9-15-65)77-54-84(123)78(58-118-38-36-116(37-39-118)56-60-18-25-67(26-19-60)64-12-6-2-7-13-64)98(125)90(77)76-48-69(29-32-82(76)121)92(102(129)115-96)112-104(131)94(73)113-103(130)93-72-46-74(120)53-75(47-72)134-87-50-70(30-33-83(87)122)91(101(128)110-81(45-62)100(127)111-93)109-55-59-16-23-66(24-17-59)63-10-4-1-5-11-63/h1-35,44,46-54,81,91-97,109,120-126H,36-43,45,55-58H2,(H,110,128)(H,111,127)(H,112,131)(H,113,130)(H,114,132)(H,115,129)/t81-,91-,92-,93+,94-,95+,96+,97-/m1/s1. The molecule has 8 aliphatic heterocycles. The molecular formula is C106H93Cl2N11O17. The maximum atomic E-state index is 16.6. The monoisotopic (exact) mass is 1860 g/mol. The maximum absolute atomic E-state index is 16.6. The number of hydrogen-bond donors (Lipinski definition) is 14. The molecule has 7 amide bonds. The first-order chi connectivity index (χ1) is 65.9. The van der Waals surface area contributed by atoms with Crippen molar-refractivity contribution in [2.45, 2.75) is 81.0 Å². The number of phenols is 6. The zero-order valence-corrected chi connectivity index (χ0v) is 74.6. The third-order valence-electron chi connectivity index (χ3n) is 25.7. The number of fused-ring (bicyclic) bond motifs is 14. The van der Waals surface area contributed by atoms with E-state index in [-0.39, 0.29) is 116 Å². The van der Waals surface area contributed by atoms with Gasteiger partial charge in [-0.05, 0) is 168 Å². The van der Waals surface area contributed by atoms with Crippen LogP contribution in [0, 0.1) is 0 Å². The number of rotatable bonds is 13. The quantitative estimate of drug-likeness (QED) is 0.0510. The molecule has 0 spiro atoms. The molecule has 8 aliphatic rings. The summed E-state index contributed by atoms with van der Waals surface area (Å²) in [5.74, 6) is -12.8. The Morgan fingerprint density at radius 1 is 0.382 bits per heavy atom. The number of hydrogen-bond acceptors (Lipinski definition) is 21. The molecule has 0 aromatic heterocycles. The summed E-state index contributed by atoms with van der Waals surface area (Å²) in [6.07, 6.45) is -2.48. The zero-order valence-electron chi connectivity index (χ0n) is 73.0. The molecule has 8 heterocycles. The minimum absolute atomic E-state index is 0.0528. The lowest BCUT2D eigenvalue weighted by molar-refractivity contribution is -0.140. The van der Waals surface area contributed by atoms with Gasteiger partial charge >= 0.3 is 0 Å². The molecule has 2 fully saturated rings. The van der Waals surface area contributed by atoms with E-state index in [0.29, 0.717) is 57.9 Å². The Balaban J connectivity index is 0.709. The Morgan fingerprint density at radius 2 is 0.868 bits per heavy atom. The lowest BCUT2D eigenvalue weighted by Crippen LogP contribution is -2.57. The highest BCUT2D eigenvalue weighted by atomic mass is 35.5. The second kappa shape index (κ2) is 38.7. The summed E-state index contributed by atoms with van der Waals surface area (Å²) in [4.78, 5) is 121. The van der Waals surface area contributed by atoms with Crippen molar-refractivity contribution in [3.05, 3.63) is 344 Å². The van der Waals surface area contributed by atoms with Crippen molar-refractivity contribution in [1.82, 2.24) is 56.8 Å². The Morgan fingerprint density at radius 3 is 1.44 bits per heavy atom. The van der Waals surface area contributed by atoms with Gasteiger partial charge in [0.05, 0.1) is 15.6 Å². The van der Waals surface area contributed by atoms with Crippen LogP contribution in [0.4, 0.5) is 0 Å². The van der Waals surface area contributed by atoms with E-state index in [0.717, 1.165) is 80.4 Å². The number of carbonyl (C=O) groups excluding carboxylic acids is 7. The van der Waals surface area contributed by atoms with Crippen LogP contribution in [-0.2, 0) is 66.2 Å². The molecule has 13 aromatic rings. The highest BCUT2D eigenvalue weighted by Crippen LogP contribution is 2.51. The Labute approximate surface area is 791 Å². The maximum Gasteiger partial charge on any atom is 0.249 e. The lowest BCUT2D eigenvalue weighted by atomic mass is 9.87. The molecule has 0 saturated carbocycles. The van der Waals surface area contributed by atoms with Gasteiger partial charge in [0.1, 0.15) is 88.6 Å². The van der Waals surface area contributed by atoms with Crippen LogP contribution in [0.3, 0.4) is 0 Å². The van der Waals surface area contributed by atoms with Crippen molar-refractivity contribution >= 4 is 64.6 Å². The van der Waals surface area contributed by atoms with E-state index in [2.05, 4.69) is 83.4 Å². The van der Waals surface area contributed by atoms with Crippen molar-refractivity contribution in [2.75, 3.05) is 52.4 Å². The fourth-order valence-electron chi connectivity index (χ4n) is 18.3. The van der Waals surface area contributed by atoms with Gasteiger partial charge < -0.3 is 86.8 Å². The van der Waals surface area contributed by atoms with E-state index in [1.54, 1.807) is 0 Å². The van der Waals surface area contributed by atoms with Gasteiger partial charge in [0, 0.05) is 102 Å². The third kappa shape index (κ3) is 19.3. The number of nitrogens with one attached hydrogen (secondary N) is 7. The zero-order chi connectivity index (χ0) is 94.1. The summed E-state index contributed by atoms with van der Waals surface area (Å²) in [6, 6.07) is 63.7. The molecule has 17 bridgehead atoms. The molecule has 28 nitrogen and oxygen atoms in total. The number of aliphatic hydroxyl groups excluding tert-OH is 1. The average Bonchev–Trinajstić information content (AvgIpc) is 0.747. The molecule has 0 unspecified atom stereocenters. The van der Waals surface area contributed by atoms with Gasteiger partial charge in [-0.25, -0.2) is 0 Å². The Bertz CT molecular complexity index is 6790. The van der Waals surface area contributed by atoms with Gasteiger partial charge in [0.2, 0.25) is 47.1 Å². The van der Waals surface area contributed by atoms with Gasteiger partial charge in [-0.3, -0.25) is 53.6 Å². The smallest absolute Gasteiger partial charge is 0.249 e. The fourth-order valence-corrected chi connectivity index (χ4v) is 18.8. The summed E-state index contributed by atoms with van der Waals surface area (Å²) < 4.78 is 19.3. The number of benzene rings is 13. The van der Waals surface area contributed by atoms with Crippen molar-refractivity contribution in [2.24, 2.45) is 0 Å². The average molecular weight is 1860 g/mol. The van der Waals surface area contributed by atoms with E-state index in [1.165, 1.54) is 83.8 Å². The SMILES string of the molecule is O=C1N[C@H]2C(=O)N[C@H]3C(=O)N[C@H](C(=O)N[C@H](C(=O)N4CCN(Cc5ccc(-c6ccccc6)cc5)CC4)c4cc(O)c(CN5CCN(Cc6ccc(-c7ccccc7)cc6)CC5)c(O)c4-c4cc3ccc4O)[C@H](O)c3ccc(c(Cl)c3)Oc3cc2cc(c3O)Oc2ccc(cc2Cl)C[C@H]2NC(=O)[C@H](NCc3ccc(-c4ccccc4)cc3)c3ccc(O)c(c3)Oc3cc(O)cc(c3)[C@@H]1NC2=O. The van der Waals surface area contributed by atoms with Gasteiger partial charge in [-0.1, -0.05) is 211 Å². The van der Waals surface area contributed by atoms with Crippen LogP contribution in [0.1, 0.15) is 97.5 Å². The molecule has 0 aliphatic carbocycles. The number of nitrogens with zero attached hydrogens (tertiary/aromatic N) is 4. The van der Waals surface area contributed by atoms with Gasteiger partial charge in [0.15, 0.2) is 23.0 Å². The van der Waals surface area contributed by atoms with E-state index in [4.69, 9.17) is 37.4 Å². The third-order valence-corrected chi connectivity index (χ3v) is 26.3. The number of phenolic OH excluding ortho intramolecular Hbond substituents is 6. The summed E-state index contributed by atoms with van der Waals surface area (Å²) >= 11 is 14.4. The first-order valence-corrected chi connectivity index (χ1v) is 45.3. The first kappa shape index (κ1) is 89.9. The molecule has 13 aromatic carbocycles. The molecule has 688 valence electrons. The molecular weight excluding hydrogens is 1770 g/mol. The van der Waals surface area contributed by atoms with Crippen molar-refractivity contribution in [3.8, 4) is 114 Å². The normalized spacial score (nSPS) is 19.9. The topological polar surface area (TPSA) is 386 Å². The lowest BCUT2D eigenvalue weighted by Gasteiger charge is -2.38. The highest BCUT2D eigenvalue weighted by Gasteiger charge is 2.44. The van der Waals surface area contributed by atoms with Gasteiger partial charge in [0.25, 0.3) is 0 Å². The number of ether oxygens (including phenoxy) is 3. The van der Waals surface area contributed by atoms with Crippen LogP contribution in [0.2, 0.25) is 10.0 Å². The molecule has 14 N–H and O–H groups in total. The Hall–Kier alpha value is -15.3. The number of carbonyl (C=O) groups is 7. The van der Waals surface area contributed by atoms with Gasteiger partial charge in [-0.15, -0.1) is 0 Å². The predicted octanol–water partition coefficient (Wildman–Crippen LogP) is 14.4. The van der Waals surface area contributed by atoms with Crippen LogP contribution >= 0.6 is 23.2 Å². The van der Waals surface area contributed by atoms with Crippen LogP contribution < -0.4 is 51.4 Å². The van der Waals surface area contributed by atoms with Crippen LogP contribution in [0.25, 0.3) is 44.5 Å². The van der Waals surface area contributed by atoms with E-state index < -0.39 is 136 Å². The van der Waals surface area contributed by atoms with Crippen molar-refractivity contribution in [3.63, 3.8) is 0 Å². The number of halogens is 2. The van der Waals surface area contributed by atoms with Crippen LogP contribution in [-0.4, -0.2) is 161 Å². The number of amides is 7. The minimum Gasteiger partial charge on any atom is -0.508 e. The van der Waals surface area contributed by atoms with Crippen molar-refractivity contribution in [1.29, 1.82) is 0 Å². The number of aliphatic hydroxyl groups is 1. The van der Waals surface area contributed by atoms with Gasteiger partial charge in [-0.2, -0.15) is 0 Å². The number of aromatic hydroxyl groups is 6. The minimum atomic E-state index is -2.21. The van der Waals surface area contributed by atoms with Crippen LogP contribution in [0.15, 0.2) is 273 Å². The largest absolute Gasteiger partial charge is 0.508 e. The second-order valence-corrected chi connectivity index (χ2v) is 35.5. The van der Waals surface area contributed by atoms with Crippen LogP contribution in [0.5, 0.6) is 69.0 Å². The summed E-state index contributed by atoms with van der Waals surface area (Å²) in [5.41, 5.74) is 7.83. The van der Waals surface area contributed by atoms with E-state index >= 15 is 33.6 Å². The fraction of sp³-hybridized carbons (Fsp3) is 0.198. The Kier molecular flexibility index (Phi) is 25.6. The second-order valence-electron chi connectivity index (χ2n) is 34.7. The molecule has 136 heavy (non-hydrogen) atoms. The molecule has 30 heteroatoms. The van der Waals surface area contributed by atoms with Crippen molar-refractivity contribution < 1.29 is 83.5 Å². The molecule has 0 radical (unpaired) electrons. The highest BCUT2D eigenvalue weighted by molar-refractivity contribution is 6.32.